The Labute approximate surface area is 129 Å². The quantitative estimate of drug-likeness (QED) is 0.751. The minimum absolute atomic E-state index is 0.120. The number of hydrogen-bond donors (Lipinski definition) is 2. The van der Waals surface area contributed by atoms with Crippen LogP contribution in [0.5, 0.6) is 0 Å². The normalized spacial score (nSPS) is 15.2. The molecule has 1 aromatic rings. The third kappa shape index (κ3) is 4.57. The van der Waals surface area contributed by atoms with Crippen LogP contribution in [0.2, 0.25) is 0 Å². The van der Waals surface area contributed by atoms with Gasteiger partial charge in [0.25, 0.3) is 5.91 Å². The molecule has 1 aliphatic heterocycles. The number of nitrogens with two attached hydrogens (primary N) is 1. The summed E-state index contributed by atoms with van der Waals surface area (Å²) in [6, 6.07) is 0. The first kappa shape index (κ1) is 16.0. The van der Waals surface area contributed by atoms with Crippen LogP contribution >= 0.6 is 11.3 Å². The highest BCUT2D eigenvalue weighted by atomic mass is 32.1. The molecule has 0 saturated carbocycles. The Kier molecular flexibility index (Phi) is 6.25. The predicted octanol–water partition coefficient (Wildman–Crippen LogP) is 1.87. The lowest BCUT2D eigenvalue weighted by molar-refractivity contribution is 0.0956. The van der Waals surface area contributed by atoms with E-state index in [0.717, 1.165) is 37.7 Å². The number of piperidine rings is 1. The molecule has 3 N–H and O–H groups in total. The van der Waals surface area contributed by atoms with Crippen molar-refractivity contribution in [1.29, 1.82) is 0 Å². The van der Waals surface area contributed by atoms with Crippen molar-refractivity contribution in [1.82, 2.24) is 10.3 Å². The molecule has 0 radical (unpaired) electrons. The van der Waals surface area contributed by atoms with Gasteiger partial charge in [0.15, 0.2) is 5.13 Å². The van der Waals surface area contributed by atoms with Crippen molar-refractivity contribution in [3.8, 4) is 0 Å². The van der Waals surface area contributed by atoms with Crippen molar-refractivity contribution in [2.45, 2.75) is 32.1 Å². The second-order valence-corrected chi connectivity index (χ2v) is 6.19. The zero-order valence-corrected chi connectivity index (χ0v) is 13.4. The van der Waals surface area contributed by atoms with Gasteiger partial charge in [-0.3, -0.25) is 4.79 Å². The van der Waals surface area contributed by atoms with Gasteiger partial charge in [0.1, 0.15) is 10.7 Å². The van der Waals surface area contributed by atoms with E-state index in [2.05, 4.69) is 15.2 Å². The number of carbonyl (C=O) groups is 1. The van der Waals surface area contributed by atoms with Crippen LogP contribution in [0.1, 0.15) is 41.8 Å². The van der Waals surface area contributed by atoms with Crippen LogP contribution in [0.25, 0.3) is 0 Å². The number of nitrogen functional groups attached to an aromatic ring is 1. The monoisotopic (exact) mass is 312 g/mol. The molecule has 0 spiro atoms. The number of nitrogens with one attached hydrogen (secondary N) is 1. The summed E-state index contributed by atoms with van der Waals surface area (Å²) >= 11 is 1.40. The first-order valence-electron chi connectivity index (χ1n) is 7.50. The van der Waals surface area contributed by atoms with Gasteiger partial charge in [-0.1, -0.05) is 11.3 Å². The summed E-state index contributed by atoms with van der Waals surface area (Å²) in [5, 5.41) is 3.76. The number of anilines is 2. The van der Waals surface area contributed by atoms with Crippen LogP contribution in [0.3, 0.4) is 0 Å². The fraction of sp³-hybridized carbons (Fsp3) is 0.714. The first-order valence-corrected chi connectivity index (χ1v) is 8.32. The van der Waals surface area contributed by atoms with Crippen LogP contribution in [-0.4, -0.2) is 44.2 Å². The molecule has 7 heteroatoms. The van der Waals surface area contributed by atoms with E-state index in [4.69, 9.17) is 10.5 Å². The summed E-state index contributed by atoms with van der Waals surface area (Å²) in [7, 11) is 1.68. The van der Waals surface area contributed by atoms with E-state index < -0.39 is 0 Å². The second kappa shape index (κ2) is 8.19. The van der Waals surface area contributed by atoms with E-state index in [1.54, 1.807) is 7.11 Å². The summed E-state index contributed by atoms with van der Waals surface area (Å²) < 4.78 is 4.98. The minimum atomic E-state index is -0.120. The van der Waals surface area contributed by atoms with Crippen LogP contribution in [0, 0.1) is 0 Å². The maximum atomic E-state index is 12.1. The fourth-order valence-electron chi connectivity index (χ4n) is 2.36. The average Bonchev–Trinajstić information content (AvgIpc) is 2.90. The van der Waals surface area contributed by atoms with Crippen molar-refractivity contribution >= 4 is 28.2 Å². The molecule has 2 rings (SSSR count). The molecule has 118 valence electrons. The van der Waals surface area contributed by atoms with Crippen molar-refractivity contribution < 1.29 is 9.53 Å². The molecule has 1 fully saturated rings. The Morgan fingerprint density at radius 3 is 2.86 bits per heavy atom. The lowest BCUT2D eigenvalue weighted by Gasteiger charge is -2.25. The largest absolute Gasteiger partial charge is 0.385 e. The Bertz CT molecular complexity index is 458. The van der Waals surface area contributed by atoms with Crippen molar-refractivity contribution in [2.75, 3.05) is 44.0 Å². The van der Waals surface area contributed by atoms with Gasteiger partial charge in [0, 0.05) is 33.4 Å². The Morgan fingerprint density at radius 2 is 2.14 bits per heavy atom. The molecule has 1 saturated heterocycles. The molecular formula is C14H24N4O2S. The number of thiazole rings is 1. The zero-order valence-electron chi connectivity index (χ0n) is 12.6. The maximum absolute atomic E-state index is 12.1. The highest BCUT2D eigenvalue weighted by molar-refractivity contribution is 7.18. The van der Waals surface area contributed by atoms with Crippen molar-refractivity contribution in [3.63, 3.8) is 0 Å². The Morgan fingerprint density at radius 1 is 1.38 bits per heavy atom. The van der Waals surface area contributed by atoms with Gasteiger partial charge < -0.3 is 20.7 Å². The number of ether oxygens (including phenoxy) is 1. The van der Waals surface area contributed by atoms with Gasteiger partial charge in [-0.05, 0) is 32.1 Å². The molecular weight excluding hydrogens is 288 g/mol. The van der Waals surface area contributed by atoms with Crippen LogP contribution in [0.15, 0.2) is 0 Å². The molecule has 0 aromatic carbocycles. The molecule has 2 heterocycles. The van der Waals surface area contributed by atoms with Gasteiger partial charge >= 0.3 is 0 Å². The summed E-state index contributed by atoms with van der Waals surface area (Å²) in [5.41, 5.74) is 5.89. The van der Waals surface area contributed by atoms with Gasteiger partial charge in [-0.25, -0.2) is 4.98 Å². The highest BCUT2D eigenvalue weighted by Gasteiger charge is 2.20. The van der Waals surface area contributed by atoms with E-state index in [1.807, 2.05) is 0 Å². The second-order valence-electron chi connectivity index (χ2n) is 5.21. The van der Waals surface area contributed by atoms with Crippen LogP contribution in [-0.2, 0) is 4.74 Å². The number of hydrogen-bond acceptors (Lipinski definition) is 6. The van der Waals surface area contributed by atoms with Gasteiger partial charge in [0.05, 0.1) is 0 Å². The number of methoxy groups -OCH3 is 1. The van der Waals surface area contributed by atoms with Crippen LogP contribution in [0.4, 0.5) is 10.9 Å². The number of aromatic nitrogens is 1. The molecule has 1 aromatic heterocycles. The molecule has 0 unspecified atom stereocenters. The summed E-state index contributed by atoms with van der Waals surface area (Å²) in [6.07, 6.45) is 5.47. The third-order valence-electron chi connectivity index (χ3n) is 3.54. The average molecular weight is 312 g/mol. The van der Waals surface area contributed by atoms with E-state index in [9.17, 15) is 4.79 Å². The molecule has 21 heavy (non-hydrogen) atoms. The van der Waals surface area contributed by atoms with Gasteiger partial charge in [0.2, 0.25) is 0 Å². The SMILES string of the molecule is COCCCCNC(=O)c1sc(N2CCCCC2)nc1N. The molecule has 1 aliphatic rings. The highest BCUT2D eigenvalue weighted by Crippen LogP contribution is 2.29. The molecule has 1 amide bonds. The smallest absolute Gasteiger partial charge is 0.265 e. The van der Waals surface area contributed by atoms with E-state index in [0.29, 0.717) is 17.2 Å². The van der Waals surface area contributed by atoms with Gasteiger partial charge in [-0.2, -0.15) is 0 Å². The van der Waals surface area contributed by atoms with Crippen molar-refractivity contribution in [2.24, 2.45) is 0 Å². The maximum Gasteiger partial charge on any atom is 0.265 e. The number of rotatable bonds is 7. The number of carbonyl (C=O) groups excluding carboxylic acids is 1. The molecule has 0 aliphatic carbocycles. The standard InChI is InChI=1S/C14H24N4O2S/c1-20-10-6-3-7-16-13(19)11-12(15)17-14(21-11)18-8-4-2-5-9-18/h2-10,15H2,1H3,(H,16,19). The number of amides is 1. The molecule has 6 nitrogen and oxygen atoms in total. The first-order chi connectivity index (χ1) is 10.2. The Balaban J connectivity index is 1.87. The summed E-state index contributed by atoms with van der Waals surface area (Å²) in [4.78, 5) is 19.2. The third-order valence-corrected chi connectivity index (χ3v) is 4.67. The van der Waals surface area contributed by atoms with E-state index in [1.165, 1.54) is 30.6 Å². The number of unbranched alkanes of at least 4 members (excludes halogenated alkanes) is 1. The summed E-state index contributed by atoms with van der Waals surface area (Å²) in [5.74, 6) is 0.223. The van der Waals surface area contributed by atoms with E-state index in [-0.39, 0.29) is 5.91 Å². The van der Waals surface area contributed by atoms with Crippen molar-refractivity contribution in [3.05, 3.63) is 4.88 Å². The zero-order chi connectivity index (χ0) is 15.1. The molecule has 0 atom stereocenters. The fourth-order valence-corrected chi connectivity index (χ4v) is 3.31. The molecule has 0 bridgehead atoms. The number of nitrogens with zero attached hydrogens (tertiary/aromatic N) is 2. The lowest BCUT2D eigenvalue weighted by atomic mass is 10.1. The lowest BCUT2D eigenvalue weighted by Crippen LogP contribution is -2.29. The topological polar surface area (TPSA) is 80.5 Å². The van der Waals surface area contributed by atoms with Gasteiger partial charge in [-0.15, -0.1) is 0 Å². The van der Waals surface area contributed by atoms with Crippen LogP contribution < -0.4 is 16.0 Å². The summed E-state index contributed by atoms with van der Waals surface area (Å²) in [6.45, 7) is 3.37. The minimum Gasteiger partial charge on any atom is -0.385 e. The predicted molar refractivity (Wildman–Crippen MR) is 86.0 cm³/mol. The van der Waals surface area contributed by atoms with E-state index >= 15 is 0 Å². The Hall–Kier alpha value is -1.34.